The van der Waals surface area contributed by atoms with Gasteiger partial charge in [-0.05, 0) is 52.2 Å². The third kappa shape index (κ3) is 6.08. The van der Waals surface area contributed by atoms with Crippen molar-refractivity contribution < 1.29 is 4.79 Å². The molecule has 4 aromatic rings. The maximum atomic E-state index is 12.4. The lowest BCUT2D eigenvalue weighted by Crippen LogP contribution is -2.25. The highest BCUT2D eigenvalue weighted by atomic mass is 32.2. The van der Waals surface area contributed by atoms with Crippen LogP contribution in [0.3, 0.4) is 0 Å². The number of nitrogens with one attached hydrogen (secondary N) is 1. The van der Waals surface area contributed by atoms with Gasteiger partial charge in [-0.25, -0.2) is 4.98 Å². The zero-order chi connectivity index (χ0) is 25.5. The number of carbonyl (C=O) groups excluding carboxylic acids is 1. The molecule has 0 aliphatic carbocycles. The number of rotatable bonds is 10. The summed E-state index contributed by atoms with van der Waals surface area (Å²) in [7, 11) is 0. The summed E-state index contributed by atoms with van der Waals surface area (Å²) in [6.07, 6.45) is 1.95. The van der Waals surface area contributed by atoms with Gasteiger partial charge in [0, 0.05) is 35.5 Å². The predicted molar refractivity (Wildman–Crippen MR) is 152 cm³/mol. The predicted octanol–water partition coefficient (Wildman–Crippen LogP) is 7.46. The third-order valence-corrected chi connectivity index (χ3v) is 7.44. The molecule has 0 saturated carbocycles. The minimum atomic E-state index is 0.00718. The van der Waals surface area contributed by atoms with Crippen LogP contribution in [0.1, 0.15) is 46.8 Å². The molecule has 1 amide bonds. The van der Waals surface area contributed by atoms with Crippen LogP contribution in [0.5, 0.6) is 0 Å². The van der Waals surface area contributed by atoms with E-state index < -0.39 is 0 Å². The van der Waals surface area contributed by atoms with Gasteiger partial charge >= 0.3 is 0 Å². The summed E-state index contributed by atoms with van der Waals surface area (Å²) in [6.45, 7) is 9.92. The highest BCUT2D eigenvalue weighted by Crippen LogP contribution is 2.36. The van der Waals surface area contributed by atoms with Crippen LogP contribution in [0.15, 0.2) is 78.0 Å². The van der Waals surface area contributed by atoms with Crippen LogP contribution in [0, 0.1) is 20.8 Å². The quantitative estimate of drug-likeness (QED) is 0.183. The van der Waals surface area contributed by atoms with E-state index in [9.17, 15) is 4.79 Å². The Labute approximate surface area is 219 Å². The van der Waals surface area contributed by atoms with Crippen LogP contribution in [-0.4, -0.2) is 27.8 Å². The third-order valence-electron chi connectivity index (χ3n) is 6.38. The first-order valence-electron chi connectivity index (χ1n) is 12.7. The first kappa shape index (κ1) is 25.8. The number of aryl methyl sites for hydroxylation is 3. The standard InChI is InChI=1S/C31H35N3OS/c1-5-34-29(26-18-14-23(3)15-19-26)28(25-16-12-22(2)13-17-25)33-31(34)36-21-9-8-20-32-30(35)27-11-7-6-10-24(27)4/h6-7,10-19H,5,8-9,20-21H2,1-4H3,(H,32,35). The number of benzene rings is 3. The first-order chi connectivity index (χ1) is 17.5. The summed E-state index contributed by atoms with van der Waals surface area (Å²) >= 11 is 1.80. The van der Waals surface area contributed by atoms with Crippen molar-refractivity contribution in [1.82, 2.24) is 14.9 Å². The summed E-state index contributed by atoms with van der Waals surface area (Å²) in [5.41, 5.74) is 8.80. The van der Waals surface area contributed by atoms with Gasteiger partial charge in [0.05, 0.1) is 11.4 Å². The zero-order valence-corrected chi connectivity index (χ0v) is 22.5. The van der Waals surface area contributed by atoms with E-state index in [-0.39, 0.29) is 5.91 Å². The molecule has 0 unspecified atom stereocenters. The van der Waals surface area contributed by atoms with Crippen molar-refractivity contribution in [3.63, 3.8) is 0 Å². The van der Waals surface area contributed by atoms with Crippen LogP contribution in [0.4, 0.5) is 0 Å². The number of amides is 1. The number of aromatic nitrogens is 2. The molecule has 5 heteroatoms. The molecule has 0 radical (unpaired) electrons. The molecule has 4 nitrogen and oxygen atoms in total. The molecule has 0 aliphatic heterocycles. The van der Waals surface area contributed by atoms with E-state index in [0.29, 0.717) is 6.54 Å². The Morgan fingerprint density at radius 2 is 1.50 bits per heavy atom. The number of unbranched alkanes of at least 4 members (excludes halogenated alkanes) is 1. The van der Waals surface area contributed by atoms with Crippen molar-refractivity contribution in [2.24, 2.45) is 0 Å². The van der Waals surface area contributed by atoms with E-state index in [1.165, 1.54) is 22.4 Å². The summed E-state index contributed by atoms with van der Waals surface area (Å²) < 4.78 is 2.34. The van der Waals surface area contributed by atoms with Crippen LogP contribution >= 0.6 is 11.8 Å². The topological polar surface area (TPSA) is 46.9 Å². The maximum absolute atomic E-state index is 12.4. The molecule has 0 atom stereocenters. The largest absolute Gasteiger partial charge is 0.352 e. The van der Waals surface area contributed by atoms with Gasteiger partial charge in [0.1, 0.15) is 0 Å². The number of imidazole rings is 1. The smallest absolute Gasteiger partial charge is 0.251 e. The van der Waals surface area contributed by atoms with Gasteiger partial charge in [0.25, 0.3) is 5.91 Å². The number of thioether (sulfide) groups is 1. The van der Waals surface area contributed by atoms with E-state index in [1.54, 1.807) is 11.8 Å². The molecular formula is C31H35N3OS. The van der Waals surface area contributed by atoms with Gasteiger partial charge in [-0.1, -0.05) is 89.6 Å². The Kier molecular flexibility index (Phi) is 8.65. The number of hydrogen-bond acceptors (Lipinski definition) is 3. The van der Waals surface area contributed by atoms with Gasteiger partial charge < -0.3 is 9.88 Å². The molecule has 0 saturated heterocycles. The molecule has 3 aromatic carbocycles. The Morgan fingerprint density at radius 1 is 0.861 bits per heavy atom. The average molecular weight is 498 g/mol. The molecule has 1 heterocycles. The van der Waals surface area contributed by atoms with Crippen molar-refractivity contribution in [2.75, 3.05) is 12.3 Å². The second-order valence-electron chi connectivity index (χ2n) is 9.19. The van der Waals surface area contributed by atoms with Gasteiger partial charge in [0.15, 0.2) is 5.16 Å². The molecule has 1 aromatic heterocycles. The molecule has 0 fully saturated rings. The fraction of sp³-hybridized carbons (Fsp3) is 0.290. The lowest BCUT2D eigenvalue weighted by molar-refractivity contribution is 0.0952. The minimum absolute atomic E-state index is 0.00718. The summed E-state index contributed by atoms with van der Waals surface area (Å²) in [6, 6.07) is 25.1. The molecule has 36 heavy (non-hydrogen) atoms. The SMILES string of the molecule is CCn1c(SCCCCNC(=O)c2ccccc2C)nc(-c2ccc(C)cc2)c1-c1ccc(C)cc1. The second kappa shape index (κ2) is 12.1. The lowest BCUT2D eigenvalue weighted by atomic mass is 10.0. The van der Waals surface area contributed by atoms with E-state index in [4.69, 9.17) is 4.98 Å². The van der Waals surface area contributed by atoms with Crippen molar-refractivity contribution in [3.05, 3.63) is 95.1 Å². The average Bonchev–Trinajstić information content (AvgIpc) is 3.25. The van der Waals surface area contributed by atoms with E-state index in [1.807, 2.05) is 31.2 Å². The number of hydrogen-bond donors (Lipinski definition) is 1. The van der Waals surface area contributed by atoms with Gasteiger partial charge in [-0.2, -0.15) is 0 Å². The number of carbonyl (C=O) groups is 1. The zero-order valence-electron chi connectivity index (χ0n) is 21.7. The van der Waals surface area contributed by atoms with Gasteiger partial charge in [-0.15, -0.1) is 0 Å². The Hall–Kier alpha value is -3.31. The van der Waals surface area contributed by atoms with E-state index in [0.717, 1.165) is 52.7 Å². The van der Waals surface area contributed by atoms with Gasteiger partial charge in [-0.3, -0.25) is 4.79 Å². The highest BCUT2D eigenvalue weighted by molar-refractivity contribution is 7.99. The molecule has 0 spiro atoms. The molecule has 4 rings (SSSR count). The Bertz CT molecular complexity index is 1310. The van der Waals surface area contributed by atoms with E-state index in [2.05, 4.69) is 79.2 Å². The van der Waals surface area contributed by atoms with Crippen LogP contribution in [0.25, 0.3) is 22.5 Å². The number of nitrogens with zero attached hydrogens (tertiary/aromatic N) is 2. The highest BCUT2D eigenvalue weighted by Gasteiger charge is 2.19. The Morgan fingerprint density at radius 3 is 2.14 bits per heavy atom. The fourth-order valence-electron chi connectivity index (χ4n) is 4.27. The normalized spacial score (nSPS) is 11.0. The molecular weight excluding hydrogens is 462 g/mol. The summed E-state index contributed by atoms with van der Waals surface area (Å²) in [5.74, 6) is 0.963. The fourth-order valence-corrected chi connectivity index (χ4v) is 5.33. The summed E-state index contributed by atoms with van der Waals surface area (Å²) in [4.78, 5) is 17.6. The molecule has 186 valence electrons. The van der Waals surface area contributed by atoms with E-state index >= 15 is 0 Å². The first-order valence-corrected chi connectivity index (χ1v) is 13.7. The van der Waals surface area contributed by atoms with Gasteiger partial charge in [0.2, 0.25) is 0 Å². The molecule has 0 bridgehead atoms. The van der Waals surface area contributed by atoms with Crippen molar-refractivity contribution in [2.45, 2.75) is 52.2 Å². The van der Waals surface area contributed by atoms with Crippen LogP contribution in [-0.2, 0) is 6.54 Å². The maximum Gasteiger partial charge on any atom is 0.251 e. The minimum Gasteiger partial charge on any atom is -0.352 e. The molecule has 1 N–H and O–H groups in total. The lowest BCUT2D eigenvalue weighted by Gasteiger charge is -2.11. The summed E-state index contributed by atoms with van der Waals surface area (Å²) in [5, 5.41) is 4.11. The monoisotopic (exact) mass is 497 g/mol. The molecule has 0 aliphatic rings. The van der Waals surface area contributed by atoms with Crippen molar-refractivity contribution >= 4 is 17.7 Å². The van der Waals surface area contributed by atoms with Crippen LogP contribution in [0.2, 0.25) is 0 Å². The van der Waals surface area contributed by atoms with Crippen LogP contribution < -0.4 is 5.32 Å². The Balaban J connectivity index is 1.44. The van der Waals surface area contributed by atoms with Crippen molar-refractivity contribution in [3.8, 4) is 22.5 Å². The second-order valence-corrected chi connectivity index (χ2v) is 10.3. The van der Waals surface area contributed by atoms with Crippen molar-refractivity contribution in [1.29, 1.82) is 0 Å².